The SMILES string of the molecule is NCCCC(=O)Nc1ccc(C(N)=O)cc1. The van der Waals surface area contributed by atoms with Gasteiger partial charge in [0.25, 0.3) is 0 Å². The summed E-state index contributed by atoms with van der Waals surface area (Å²) in [4.78, 5) is 22.1. The Hall–Kier alpha value is -1.88. The maximum Gasteiger partial charge on any atom is 0.248 e. The molecule has 0 saturated heterocycles. The van der Waals surface area contributed by atoms with Gasteiger partial charge >= 0.3 is 0 Å². The monoisotopic (exact) mass is 221 g/mol. The van der Waals surface area contributed by atoms with E-state index < -0.39 is 5.91 Å². The quantitative estimate of drug-likeness (QED) is 0.673. The van der Waals surface area contributed by atoms with Gasteiger partial charge in [0.05, 0.1) is 0 Å². The van der Waals surface area contributed by atoms with E-state index in [-0.39, 0.29) is 5.91 Å². The first-order valence-electron chi connectivity index (χ1n) is 5.03. The number of rotatable bonds is 5. The minimum Gasteiger partial charge on any atom is -0.366 e. The van der Waals surface area contributed by atoms with Crippen LogP contribution in [-0.4, -0.2) is 18.4 Å². The number of anilines is 1. The van der Waals surface area contributed by atoms with Gasteiger partial charge in [-0.05, 0) is 37.2 Å². The van der Waals surface area contributed by atoms with Gasteiger partial charge in [-0.25, -0.2) is 0 Å². The molecule has 0 aliphatic heterocycles. The fourth-order valence-electron chi connectivity index (χ4n) is 1.20. The zero-order valence-electron chi connectivity index (χ0n) is 8.90. The van der Waals surface area contributed by atoms with Crippen molar-refractivity contribution in [1.29, 1.82) is 0 Å². The predicted octanol–water partition coefficient (Wildman–Crippen LogP) is 0.463. The van der Waals surface area contributed by atoms with E-state index in [2.05, 4.69) is 5.32 Å². The molecule has 1 rings (SSSR count). The van der Waals surface area contributed by atoms with Crippen molar-refractivity contribution < 1.29 is 9.59 Å². The standard InChI is InChI=1S/C11H15N3O2/c12-7-1-2-10(15)14-9-5-3-8(4-6-9)11(13)16/h3-6H,1-2,7,12H2,(H2,13,16)(H,14,15). The number of benzene rings is 1. The van der Waals surface area contributed by atoms with Crippen LogP contribution in [0.1, 0.15) is 23.2 Å². The topological polar surface area (TPSA) is 98.2 Å². The predicted molar refractivity (Wildman–Crippen MR) is 61.9 cm³/mol. The van der Waals surface area contributed by atoms with Crippen molar-refractivity contribution in [3.05, 3.63) is 29.8 Å². The van der Waals surface area contributed by atoms with Gasteiger partial charge in [-0.1, -0.05) is 0 Å². The number of nitrogens with two attached hydrogens (primary N) is 2. The number of carbonyl (C=O) groups excluding carboxylic acids is 2. The molecule has 0 heterocycles. The van der Waals surface area contributed by atoms with Crippen LogP contribution >= 0.6 is 0 Å². The summed E-state index contributed by atoms with van der Waals surface area (Å²) in [6.45, 7) is 0.494. The number of nitrogens with one attached hydrogen (secondary N) is 1. The summed E-state index contributed by atoms with van der Waals surface area (Å²) in [6.07, 6.45) is 1.05. The molecule has 0 fully saturated rings. The van der Waals surface area contributed by atoms with Gasteiger partial charge in [0, 0.05) is 17.7 Å². The molecule has 0 saturated carbocycles. The van der Waals surface area contributed by atoms with Crippen molar-refractivity contribution in [2.24, 2.45) is 11.5 Å². The van der Waals surface area contributed by atoms with Crippen molar-refractivity contribution in [1.82, 2.24) is 0 Å². The zero-order valence-corrected chi connectivity index (χ0v) is 8.90. The lowest BCUT2D eigenvalue weighted by atomic mass is 10.2. The molecule has 2 amide bonds. The second-order valence-electron chi connectivity index (χ2n) is 3.38. The zero-order chi connectivity index (χ0) is 12.0. The molecular weight excluding hydrogens is 206 g/mol. The maximum absolute atomic E-state index is 11.3. The number of amides is 2. The molecule has 0 spiro atoms. The average Bonchev–Trinajstić information content (AvgIpc) is 2.27. The molecule has 1 aromatic carbocycles. The van der Waals surface area contributed by atoms with Crippen LogP contribution in [-0.2, 0) is 4.79 Å². The first-order valence-corrected chi connectivity index (χ1v) is 5.03. The summed E-state index contributed by atoms with van der Waals surface area (Å²) < 4.78 is 0. The van der Waals surface area contributed by atoms with Crippen molar-refractivity contribution in [3.8, 4) is 0 Å². The normalized spacial score (nSPS) is 9.81. The van der Waals surface area contributed by atoms with Crippen LogP contribution in [0.2, 0.25) is 0 Å². The second-order valence-corrected chi connectivity index (χ2v) is 3.38. The van der Waals surface area contributed by atoms with E-state index in [0.29, 0.717) is 30.6 Å². The van der Waals surface area contributed by atoms with Gasteiger partial charge in [-0.15, -0.1) is 0 Å². The van der Waals surface area contributed by atoms with E-state index in [1.54, 1.807) is 24.3 Å². The fraction of sp³-hybridized carbons (Fsp3) is 0.273. The molecule has 1 aromatic rings. The van der Waals surface area contributed by atoms with Crippen molar-refractivity contribution in [2.45, 2.75) is 12.8 Å². The van der Waals surface area contributed by atoms with Crippen LogP contribution in [0, 0.1) is 0 Å². The molecule has 0 aliphatic carbocycles. The highest BCUT2D eigenvalue weighted by Gasteiger charge is 2.03. The van der Waals surface area contributed by atoms with E-state index in [9.17, 15) is 9.59 Å². The Bertz CT molecular complexity index is 373. The summed E-state index contributed by atoms with van der Waals surface area (Å²) in [5, 5.41) is 2.70. The molecule has 0 aromatic heterocycles. The number of carbonyl (C=O) groups is 2. The van der Waals surface area contributed by atoms with E-state index in [0.717, 1.165) is 0 Å². The minimum atomic E-state index is -0.485. The average molecular weight is 221 g/mol. The third-order valence-corrected chi connectivity index (χ3v) is 2.06. The largest absolute Gasteiger partial charge is 0.366 e. The fourth-order valence-corrected chi connectivity index (χ4v) is 1.20. The molecule has 5 heteroatoms. The molecule has 0 unspecified atom stereocenters. The number of primary amides is 1. The summed E-state index contributed by atoms with van der Waals surface area (Å²) in [5.74, 6) is -0.571. The van der Waals surface area contributed by atoms with E-state index in [4.69, 9.17) is 11.5 Å². The molecular formula is C11H15N3O2. The molecule has 0 bridgehead atoms. The molecule has 0 atom stereocenters. The Morgan fingerprint density at radius 3 is 2.31 bits per heavy atom. The van der Waals surface area contributed by atoms with Crippen LogP contribution in [0.4, 0.5) is 5.69 Å². The van der Waals surface area contributed by atoms with Gasteiger partial charge in [-0.2, -0.15) is 0 Å². The molecule has 16 heavy (non-hydrogen) atoms. The second kappa shape index (κ2) is 5.87. The summed E-state index contributed by atoms with van der Waals surface area (Å²) in [5.41, 5.74) is 11.4. The lowest BCUT2D eigenvalue weighted by Crippen LogP contribution is -2.14. The highest BCUT2D eigenvalue weighted by molar-refractivity contribution is 5.94. The molecule has 5 N–H and O–H groups in total. The Morgan fingerprint density at radius 1 is 1.19 bits per heavy atom. The summed E-state index contributed by atoms with van der Waals surface area (Å²) >= 11 is 0. The minimum absolute atomic E-state index is 0.0859. The molecule has 0 aliphatic rings. The van der Waals surface area contributed by atoms with Gasteiger partial charge < -0.3 is 16.8 Å². The Morgan fingerprint density at radius 2 is 1.81 bits per heavy atom. The van der Waals surface area contributed by atoms with E-state index in [1.807, 2.05) is 0 Å². The van der Waals surface area contributed by atoms with E-state index >= 15 is 0 Å². The third-order valence-electron chi connectivity index (χ3n) is 2.06. The summed E-state index contributed by atoms with van der Waals surface area (Å²) in [7, 11) is 0. The van der Waals surface area contributed by atoms with Gasteiger partial charge in [0.2, 0.25) is 11.8 Å². The van der Waals surface area contributed by atoms with Crippen LogP contribution in [0.5, 0.6) is 0 Å². The number of hydrogen-bond donors (Lipinski definition) is 3. The molecule has 0 radical (unpaired) electrons. The maximum atomic E-state index is 11.3. The van der Waals surface area contributed by atoms with Gasteiger partial charge in [-0.3, -0.25) is 9.59 Å². The van der Waals surface area contributed by atoms with Crippen molar-refractivity contribution >= 4 is 17.5 Å². The smallest absolute Gasteiger partial charge is 0.248 e. The Balaban J connectivity index is 2.55. The van der Waals surface area contributed by atoms with Crippen molar-refractivity contribution in [3.63, 3.8) is 0 Å². The summed E-state index contributed by atoms with van der Waals surface area (Å²) in [6, 6.07) is 6.42. The lowest BCUT2D eigenvalue weighted by molar-refractivity contribution is -0.116. The highest BCUT2D eigenvalue weighted by Crippen LogP contribution is 2.09. The number of hydrogen-bond acceptors (Lipinski definition) is 3. The first-order chi connectivity index (χ1) is 7.63. The van der Waals surface area contributed by atoms with E-state index in [1.165, 1.54) is 0 Å². The molecule has 86 valence electrons. The van der Waals surface area contributed by atoms with Crippen molar-refractivity contribution in [2.75, 3.05) is 11.9 Å². The lowest BCUT2D eigenvalue weighted by Gasteiger charge is -2.04. The Kier molecular flexibility index (Phi) is 4.47. The van der Waals surface area contributed by atoms with Gasteiger partial charge in [0.1, 0.15) is 0 Å². The highest BCUT2D eigenvalue weighted by atomic mass is 16.1. The van der Waals surface area contributed by atoms with Crippen LogP contribution in [0.3, 0.4) is 0 Å². The van der Waals surface area contributed by atoms with Crippen LogP contribution < -0.4 is 16.8 Å². The van der Waals surface area contributed by atoms with Crippen LogP contribution in [0.15, 0.2) is 24.3 Å². The van der Waals surface area contributed by atoms with Gasteiger partial charge in [0.15, 0.2) is 0 Å². The third kappa shape index (κ3) is 3.70. The molecule has 5 nitrogen and oxygen atoms in total. The van der Waals surface area contributed by atoms with Crippen LogP contribution in [0.25, 0.3) is 0 Å². The first kappa shape index (κ1) is 12.2. The Labute approximate surface area is 93.8 Å².